The van der Waals surface area contributed by atoms with Crippen LogP contribution in [0, 0.1) is 5.92 Å². The second-order valence-corrected chi connectivity index (χ2v) is 6.99. The number of likely N-dealkylation sites (N-methyl/N-ethyl adjacent to an activating group) is 1. The first kappa shape index (κ1) is 17.3. The quantitative estimate of drug-likeness (QED) is 0.701. The number of rotatable bonds is 7. The number of likely N-dealkylation sites (tertiary alicyclic amines) is 1. The lowest BCUT2D eigenvalue weighted by atomic mass is 9.79. The van der Waals surface area contributed by atoms with E-state index in [-0.39, 0.29) is 18.1 Å². The Bertz CT molecular complexity index is 544. The summed E-state index contributed by atoms with van der Waals surface area (Å²) in [5.74, 6) is 0.532. The van der Waals surface area contributed by atoms with Gasteiger partial charge in [0.25, 0.3) is 0 Å². The molecule has 6 nitrogen and oxygen atoms in total. The molecule has 1 spiro atoms. The molecule has 2 saturated heterocycles. The molecule has 1 aromatic rings. The van der Waals surface area contributed by atoms with Gasteiger partial charge in [0.15, 0.2) is 0 Å². The number of pyridine rings is 1. The molecule has 2 aliphatic rings. The van der Waals surface area contributed by atoms with Crippen LogP contribution in [0.4, 0.5) is 0 Å². The molecule has 2 aliphatic heterocycles. The Kier molecular flexibility index (Phi) is 5.48. The summed E-state index contributed by atoms with van der Waals surface area (Å²) >= 11 is 0. The van der Waals surface area contributed by atoms with Gasteiger partial charge in [-0.05, 0) is 30.9 Å². The normalized spacial score (nSPS) is 22.5. The first-order valence-electron chi connectivity index (χ1n) is 8.63. The Morgan fingerprint density at radius 3 is 3.00 bits per heavy atom. The molecular weight excluding hydrogens is 306 g/mol. The highest BCUT2D eigenvalue weighted by Crippen LogP contribution is 2.42. The Labute approximate surface area is 143 Å². The molecule has 0 N–H and O–H groups in total. The van der Waals surface area contributed by atoms with Crippen LogP contribution in [-0.2, 0) is 20.8 Å². The van der Waals surface area contributed by atoms with Crippen LogP contribution in [-0.4, -0.2) is 73.3 Å². The van der Waals surface area contributed by atoms with E-state index in [9.17, 15) is 4.79 Å². The van der Waals surface area contributed by atoms with Crippen LogP contribution in [0.15, 0.2) is 24.4 Å². The molecule has 1 aromatic heterocycles. The van der Waals surface area contributed by atoms with Crippen molar-refractivity contribution in [2.45, 2.75) is 25.0 Å². The molecule has 1 amide bonds. The van der Waals surface area contributed by atoms with Crippen molar-refractivity contribution in [3.63, 3.8) is 0 Å². The van der Waals surface area contributed by atoms with E-state index in [2.05, 4.69) is 16.0 Å². The minimum Gasteiger partial charge on any atom is -0.372 e. The molecule has 0 aromatic carbocycles. The average molecular weight is 333 g/mol. The molecule has 3 heterocycles. The molecule has 1 atom stereocenters. The molecule has 3 rings (SSSR count). The molecule has 0 aliphatic carbocycles. The summed E-state index contributed by atoms with van der Waals surface area (Å²) in [5, 5.41) is 0. The van der Waals surface area contributed by atoms with E-state index in [0.29, 0.717) is 12.5 Å². The molecule has 0 radical (unpaired) electrons. The maximum Gasteiger partial charge on any atom is 0.248 e. The molecule has 24 heavy (non-hydrogen) atoms. The molecule has 0 unspecified atom stereocenters. The fourth-order valence-electron chi connectivity index (χ4n) is 3.60. The van der Waals surface area contributed by atoms with Gasteiger partial charge in [-0.25, -0.2) is 0 Å². The molecule has 2 fully saturated rings. The summed E-state index contributed by atoms with van der Waals surface area (Å²) in [6, 6.07) is 6.03. The summed E-state index contributed by atoms with van der Waals surface area (Å²) < 4.78 is 11.6. The van der Waals surface area contributed by atoms with Gasteiger partial charge in [-0.2, -0.15) is 0 Å². The van der Waals surface area contributed by atoms with Crippen LogP contribution in [0.3, 0.4) is 0 Å². The van der Waals surface area contributed by atoms with Crippen molar-refractivity contribution in [1.82, 2.24) is 14.8 Å². The lowest BCUT2D eigenvalue weighted by Crippen LogP contribution is -2.64. The van der Waals surface area contributed by atoms with Crippen LogP contribution in [0.2, 0.25) is 0 Å². The molecule has 0 bridgehead atoms. The number of carbonyl (C=O) groups is 1. The summed E-state index contributed by atoms with van der Waals surface area (Å²) in [7, 11) is 3.49. The van der Waals surface area contributed by atoms with E-state index in [0.717, 1.165) is 44.8 Å². The Balaban J connectivity index is 1.41. The van der Waals surface area contributed by atoms with Gasteiger partial charge in [0, 0.05) is 53.1 Å². The highest BCUT2D eigenvalue weighted by atomic mass is 16.5. The van der Waals surface area contributed by atoms with Crippen molar-refractivity contribution in [1.29, 1.82) is 0 Å². The fraction of sp³-hybridized carbons (Fsp3) is 0.667. The highest BCUT2D eigenvalue weighted by Gasteiger charge is 2.52. The monoisotopic (exact) mass is 333 g/mol. The van der Waals surface area contributed by atoms with Gasteiger partial charge in [-0.3, -0.25) is 14.7 Å². The summed E-state index contributed by atoms with van der Waals surface area (Å²) in [6.45, 7) is 4.43. The second kappa shape index (κ2) is 7.59. The fourth-order valence-corrected chi connectivity index (χ4v) is 3.60. The summed E-state index contributed by atoms with van der Waals surface area (Å²) in [4.78, 5) is 19.8. The second-order valence-electron chi connectivity index (χ2n) is 6.99. The number of hydrogen-bond acceptors (Lipinski definition) is 5. The Hall–Kier alpha value is -1.50. The van der Waals surface area contributed by atoms with Crippen LogP contribution >= 0.6 is 0 Å². The largest absolute Gasteiger partial charge is 0.372 e. The van der Waals surface area contributed by atoms with Crippen molar-refractivity contribution in [3.05, 3.63) is 30.1 Å². The van der Waals surface area contributed by atoms with E-state index in [1.165, 1.54) is 0 Å². The SMILES string of the molecule is CN(C)C(=O)COCC[C@H]1CCOC12CN(Cc1ccccn1)C2. The lowest BCUT2D eigenvalue weighted by Gasteiger charge is -2.50. The van der Waals surface area contributed by atoms with E-state index in [1.807, 2.05) is 18.3 Å². The first-order valence-corrected chi connectivity index (χ1v) is 8.63. The minimum atomic E-state index is -0.0102. The zero-order chi connectivity index (χ0) is 17.0. The van der Waals surface area contributed by atoms with E-state index >= 15 is 0 Å². The zero-order valence-corrected chi connectivity index (χ0v) is 14.6. The van der Waals surface area contributed by atoms with Crippen LogP contribution < -0.4 is 0 Å². The van der Waals surface area contributed by atoms with Gasteiger partial charge < -0.3 is 14.4 Å². The third-order valence-corrected chi connectivity index (χ3v) is 5.03. The highest BCUT2D eigenvalue weighted by molar-refractivity contribution is 5.76. The Morgan fingerprint density at radius 1 is 1.46 bits per heavy atom. The van der Waals surface area contributed by atoms with E-state index in [1.54, 1.807) is 19.0 Å². The standard InChI is InChI=1S/C18H27N3O3/c1-20(2)17(22)12-23-9-6-15-7-10-24-18(15)13-21(14-18)11-16-5-3-4-8-19-16/h3-5,8,15H,6-7,9-14H2,1-2H3/t15-/m0/s1. The van der Waals surface area contributed by atoms with Gasteiger partial charge in [0.05, 0.1) is 11.3 Å². The maximum atomic E-state index is 11.5. The molecule has 6 heteroatoms. The number of ether oxygens (including phenoxy) is 2. The topological polar surface area (TPSA) is 54.9 Å². The third-order valence-electron chi connectivity index (χ3n) is 5.03. The average Bonchev–Trinajstić information content (AvgIpc) is 2.95. The minimum absolute atomic E-state index is 0.0102. The smallest absolute Gasteiger partial charge is 0.248 e. The number of aromatic nitrogens is 1. The third kappa shape index (κ3) is 3.94. The van der Waals surface area contributed by atoms with E-state index in [4.69, 9.17) is 9.47 Å². The maximum absolute atomic E-state index is 11.5. The van der Waals surface area contributed by atoms with Gasteiger partial charge in [0.1, 0.15) is 6.61 Å². The Morgan fingerprint density at radius 2 is 2.29 bits per heavy atom. The predicted molar refractivity (Wildman–Crippen MR) is 90.4 cm³/mol. The number of amides is 1. The zero-order valence-electron chi connectivity index (χ0n) is 14.6. The van der Waals surface area contributed by atoms with Gasteiger partial charge in [-0.1, -0.05) is 6.07 Å². The summed E-state index contributed by atoms with van der Waals surface area (Å²) in [5.41, 5.74) is 1.09. The van der Waals surface area contributed by atoms with Gasteiger partial charge >= 0.3 is 0 Å². The van der Waals surface area contributed by atoms with Crippen LogP contribution in [0.5, 0.6) is 0 Å². The van der Waals surface area contributed by atoms with E-state index < -0.39 is 0 Å². The number of nitrogens with zero attached hydrogens (tertiary/aromatic N) is 3. The van der Waals surface area contributed by atoms with Crippen molar-refractivity contribution in [2.75, 3.05) is 47.0 Å². The van der Waals surface area contributed by atoms with Crippen LogP contribution in [0.1, 0.15) is 18.5 Å². The summed E-state index contributed by atoms with van der Waals surface area (Å²) in [6.07, 6.45) is 3.88. The van der Waals surface area contributed by atoms with Gasteiger partial charge in [0.2, 0.25) is 5.91 Å². The molecule has 132 valence electrons. The predicted octanol–water partition coefficient (Wildman–Crippen LogP) is 1.17. The number of carbonyl (C=O) groups excluding carboxylic acids is 1. The van der Waals surface area contributed by atoms with Crippen molar-refractivity contribution in [3.8, 4) is 0 Å². The molecule has 0 saturated carbocycles. The van der Waals surface area contributed by atoms with Crippen molar-refractivity contribution in [2.24, 2.45) is 5.92 Å². The first-order chi connectivity index (χ1) is 11.6. The molecular formula is C18H27N3O3. The lowest BCUT2D eigenvalue weighted by molar-refractivity contribution is -0.141. The van der Waals surface area contributed by atoms with Crippen LogP contribution in [0.25, 0.3) is 0 Å². The van der Waals surface area contributed by atoms with Crippen molar-refractivity contribution >= 4 is 5.91 Å². The van der Waals surface area contributed by atoms with Crippen molar-refractivity contribution < 1.29 is 14.3 Å². The number of hydrogen-bond donors (Lipinski definition) is 0. The van der Waals surface area contributed by atoms with Gasteiger partial charge in [-0.15, -0.1) is 0 Å².